The molecule has 5 rings (SSSR count). The normalized spacial score (nSPS) is 15.7. The molecule has 1 aliphatic heterocycles. The Morgan fingerprint density at radius 2 is 1.86 bits per heavy atom. The number of imidazole rings is 1. The number of aryl methyl sites for hydroxylation is 1. The third kappa shape index (κ3) is 5.07. The summed E-state index contributed by atoms with van der Waals surface area (Å²) in [6.45, 7) is 3.47. The average molecular weight is 513 g/mol. The van der Waals surface area contributed by atoms with Crippen LogP contribution in [-0.2, 0) is 7.05 Å². The molecule has 37 heavy (non-hydrogen) atoms. The second kappa shape index (κ2) is 9.38. The molecular formula is C26H24F4N6O. The number of nitrogens with zero attached hydrogens (tertiary/aromatic N) is 4. The Morgan fingerprint density at radius 1 is 1.08 bits per heavy atom. The number of rotatable bonds is 6. The molecule has 2 N–H and O–H groups in total. The van der Waals surface area contributed by atoms with Gasteiger partial charge in [0, 0.05) is 31.1 Å². The van der Waals surface area contributed by atoms with Crippen LogP contribution in [0.4, 0.5) is 29.2 Å². The number of amidine groups is 1. The molecule has 7 nitrogen and oxygen atoms in total. The number of fused-ring (bicyclic) bond motifs is 1. The molecule has 0 bridgehead atoms. The topological polar surface area (TPSA) is 76.4 Å². The molecule has 0 saturated carbocycles. The summed E-state index contributed by atoms with van der Waals surface area (Å²) < 4.78 is 60.8. The van der Waals surface area contributed by atoms with Crippen LogP contribution in [0.25, 0.3) is 11.0 Å². The summed E-state index contributed by atoms with van der Waals surface area (Å²) in [7, 11) is 1.86. The van der Waals surface area contributed by atoms with Crippen LogP contribution in [0.1, 0.15) is 31.0 Å². The number of alkyl halides is 3. The molecule has 1 atom stereocenters. The van der Waals surface area contributed by atoms with Crippen molar-refractivity contribution < 1.29 is 22.3 Å². The van der Waals surface area contributed by atoms with Gasteiger partial charge in [-0.1, -0.05) is 13.8 Å². The van der Waals surface area contributed by atoms with Gasteiger partial charge in [-0.2, -0.15) is 13.2 Å². The Kier molecular flexibility index (Phi) is 6.22. The lowest BCUT2D eigenvalue weighted by molar-refractivity contribution is -0.147. The quantitative estimate of drug-likeness (QED) is 0.308. The minimum atomic E-state index is -4.39. The summed E-state index contributed by atoms with van der Waals surface area (Å²) in [5.74, 6) is 1.33. The third-order valence-corrected chi connectivity index (χ3v) is 6.07. The van der Waals surface area contributed by atoms with Crippen LogP contribution in [0, 0.1) is 5.82 Å². The van der Waals surface area contributed by atoms with E-state index in [1.807, 2.05) is 31.5 Å². The molecule has 0 radical (unpaired) electrons. The number of hydrogen-bond acceptors (Lipinski definition) is 6. The number of halogens is 4. The molecule has 11 heteroatoms. The van der Waals surface area contributed by atoms with Crippen LogP contribution in [0.15, 0.2) is 59.7 Å². The van der Waals surface area contributed by atoms with Gasteiger partial charge in [-0.15, -0.1) is 0 Å². The zero-order valence-corrected chi connectivity index (χ0v) is 20.3. The van der Waals surface area contributed by atoms with E-state index >= 15 is 0 Å². The Labute approximate surface area is 210 Å². The smallest absolute Gasteiger partial charge is 0.410 e. The first kappa shape index (κ1) is 24.5. The Bertz CT molecular complexity index is 1490. The number of nitrogens with one attached hydrogen (secondary N) is 2. The van der Waals surface area contributed by atoms with Gasteiger partial charge in [0.1, 0.15) is 34.9 Å². The number of aromatic nitrogens is 3. The number of pyridine rings is 1. The molecule has 2 aromatic carbocycles. The SMILES string of the molecule is CC(C)c1cc(Nc2nc3cc(Oc4ccnc(C5=NCC(C(F)(F)F)N5)c4)ccc3n2C)ccc1F. The molecule has 1 unspecified atom stereocenters. The fourth-order valence-corrected chi connectivity index (χ4v) is 4.07. The standard InChI is InChI=1S/C26H24F4N6O/c1-14(2)18-10-15(4-6-19(18)27)33-25-34-20-11-16(5-7-22(20)36(25)3)37-17-8-9-31-21(12-17)24-32-13-23(35-24)26(28,29)30/h4-12,14,23H,13H2,1-3H3,(H,32,35)(H,33,34). The summed E-state index contributed by atoms with van der Waals surface area (Å²) in [5.41, 5.74) is 3.11. The summed E-state index contributed by atoms with van der Waals surface area (Å²) in [5, 5.41) is 5.61. The highest BCUT2D eigenvalue weighted by Crippen LogP contribution is 2.30. The van der Waals surface area contributed by atoms with E-state index in [0.717, 1.165) is 11.2 Å². The highest BCUT2D eigenvalue weighted by molar-refractivity contribution is 5.98. The molecule has 3 heterocycles. The lowest BCUT2D eigenvalue weighted by Gasteiger charge is -2.15. The number of ether oxygens (including phenoxy) is 1. The van der Waals surface area contributed by atoms with Gasteiger partial charge in [0.05, 0.1) is 17.6 Å². The van der Waals surface area contributed by atoms with Crippen molar-refractivity contribution in [2.75, 3.05) is 11.9 Å². The molecule has 4 aromatic rings. The third-order valence-electron chi connectivity index (χ3n) is 6.07. The minimum absolute atomic E-state index is 0.0400. The molecule has 1 aliphatic rings. The predicted octanol–water partition coefficient (Wildman–Crippen LogP) is 6.05. The summed E-state index contributed by atoms with van der Waals surface area (Å²) >= 11 is 0. The summed E-state index contributed by atoms with van der Waals surface area (Å²) in [6.07, 6.45) is -2.94. The zero-order valence-electron chi connectivity index (χ0n) is 20.3. The molecule has 0 fully saturated rings. The van der Waals surface area contributed by atoms with Crippen molar-refractivity contribution in [2.24, 2.45) is 12.0 Å². The second-order valence-corrected chi connectivity index (χ2v) is 9.07. The van der Waals surface area contributed by atoms with Crippen LogP contribution < -0.4 is 15.4 Å². The molecule has 0 amide bonds. The van der Waals surface area contributed by atoms with E-state index in [0.29, 0.717) is 28.5 Å². The first-order chi connectivity index (χ1) is 17.6. The Morgan fingerprint density at radius 3 is 2.59 bits per heavy atom. The number of aliphatic imine (C=N–C) groups is 1. The van der Waals surface area contributed by atoms with Crippen molar-refractivity contribution in [1.29, 1.82) is 0 Å². The average Bonchev–Trinajstić information content (AvgIpc) is 3.46. The second-order valence-electron chi connectivity index (χ2n) is 9.07. The fourth-order valence-electron chi connectivity index (χ4n) is 4.07. The summed E-state index contributed by atoms with van der Waals surface area (Å²) in [4.78, 5) is 12.7. The maximum Gasteiger partial charge on any atom is 0.410 e. The van der Waals surface area contributed by atoms with Crippen LogP contribution in [-0.4, -0.2) is 39.1 Å². The van der Waals surface area contributed by atoms with Crippen molar-refractivity contribution in [2.45, 2.75) is 32.0 Å². The van der Waals surface area contributed by atoms with Crippen LogP contribution in [0.2, 0.25) is 0 Å². The molecule has 192 valence electrons. The monoisotopic (exact) mass is 512 g/mol. The molecule has 0 aliphatic carbocycles. The summed E-state index contributed by atoms with van der Waals surface area (Å²) in [6, 6.07) is 11.7. The van der Waals surface area contributed by atoms with Gasteiger partial charge in [0.15, 0.2) is 0 Å². The van der Waals surface area contributed by atoms with Gasteiger partial charge in [-0.05, 0) is 47.9 Å². The van der Waals surface area contributed by atoms with E-state index in [1.165, 1.54) is 18.3 Å². The molecule has 0 saturated heterocycles. The van der Waals surface area contributed by atoms with Crippen LogP contribution in [0.5, 0.6) is 11.5 Å². The predicted molar refractivity (Wildman–Crippen MR) is 133 cm³/mol. The first-order valence-corrected chi connectivity index (χ1v) is 11.6. The molecule has 0 spiro atoms. The first-order valence-electron chi connectivity index (χ1n) is 11.6. The highest BCUT2D eigenvalue weighted by atomic mass is 19.4. The van der Waals surface area contributed by atoms with E-state index in [-0.39, 0.29) is 23.3 Å². The van der Waals surface area contributed by atoms with Gasteiger partial charge < -0.3 is 19.9 Å². The Hall–Kier alpha value is -4.15. The van der Waals surface area contributed by atoms with Gasteiger partial charge >= 0.3 is 6.18 Å². The van der Waals surface area contributed by atoms with E-state index in [4.69, 9.17) is 4.74 Å². The van der Waals surface area contributed by atoms with Crippen molar-refractivity contribution in [3.8, 4) is 11.5 Å². The van der Waals surface area contributed by atoms with Gasteiger partial charge in [-0.3, -0.25) is 9.98 Å². The maximum absolute atomic E-state index is 14.1. The van der Waals surface area contributed by atoms with Crippen LogP contribution in [0.3, 0.4) is 0 Å². The van der Waals surface area contributed by atoms with Crippen molar-refractivity contribution in [1.82, 2.24) is 19.9 Å². The lowest BCUT2D eigenvalue weighted by Crippen LogP contribution is -2.42. The Balaban J connectivity index is 1.35. The maximum atomic E-state index is 14.1. The van der Waals surface area contributed by atoms with E-state index < -0.39 is 18.8 Å². The zero-order chi connectivity index (χ0) is 26.3. The van der Waals surface area contributed by atoms with Crippen molar-refractivity contribution >= 4 is 28.5 Å². The van der Waals surface area contributed by atoms with Gasteiger partial charge in [0.25, 0.3) is 0 Å². The molecule has 2 aromatic heterocycles. The van der Waals surface area contributed by atoms with E-state index in [9.17, 15) is 17.6 Å². The number of benzene rings is 2. The van der Waals surface area contributed by atoms with E-state index in [1.54, 1.807) is 30.3 Å². The largest absolute Gasteiger partial charge is 0.457 e. The van der Waals surface area contributed by atoms with Gasteiger partial charge in [0.2, 0.25) is 5.95 Å². The number of anilines is 2. The van der Waals surface area contributed by atoms with Gasteiger partial charge in [-0.25, -0.2) is 9.37 Å². The minimum Gasteiger partial charge on any atom is -0.457 e. The van der Waals surface area contributed by atoms with E-state index in [2.05, 4.69) is 25.6 Å². The highest BCUT2D eigenvalue weighted by Gasteiger charge is 2.42. The molecular weight excluding hydrogens is 488 g/mol. The van der Waals surface area contributed by atoms with Crippen molar-refractivity contribution in [3.63, 3.8) is 0 Å². The fraction of sp³-hybridized carbons (Fsp3) is 0.269. The van der Waals surface area contributed by atoms with Crippen molar-refractivity contribution in [3.05, 3.63) is 71.8 Å². The van der Waals surface area contributed by atoms with Crippen LogP contribution >= 0.6 is 0 Å². The lowest BCUT2D eigenvalue weighted by atomic mass is 10.0. The number of hydrogen-bond donors (Lipinski definition) is 2.